The van der Waals surface area contributed by atoms with Crippen molar-refractivity contribution < 1.29 is 29.0 Å². The fourth-order valence-corrected chi connectivity index (χ4v) is 4.57. The Morgan fingerprint density at radius 2 is 1.82 bits per heavy atom. The van der Waals surface area contributed by atoms with Crippen LogP contribution in [0.25, 0.3) is 6.08 Å². The number of nitrogens with one attached hydrogen (secondary N) is 3. The van der Waals surface area contributed by atoms with Crippen molar-refractivity contribution in [2.45, 2.75) is 90.8 Å². The van der Waals surface area contributed by atoms with E-state index in [-0.39, 0.29) is 24.3 Å². The second-order valence-corrected chi connectivity index (χ2v) is 11.7. The van der Waals surface area contributed by atoms with Crippen LogP contribution in [0.15, 0.2) is 20.8 Å². The van der Waals surface area contributed by atoms with Crippen LogP contribution in [-0.2, 0) is 24.8 Å². The number of ether oxygens (including phenoxy) is 2. The SMILES string of the molecule is CC(C)[C@H](NC(=O)OC(C)(C)C)C(=O)N[C@H](C(=O)[C@]1(n2cc(/C=C/Br)c(=O)[nH]c2=O)CC[C@@H](CO)O1)C(C)C. The molecule has 13 heteroatoms. The summed E-state index contributed by atoms with van der Waals surface area (Å²) in [4.78, 5) is 68.9. The van der Waals surface area contributed by atoms with E-state index >= 15 is 0 Å². The van der Waals surface area contributed by atoms with Gasteiger partial charge in [0.1, 0.15) is 11.6 Å². The number of ketones is 1. The standard InChI is InChI=1S/C26H39BrN4O8/c1-14(2)18(28-22(35)19(15(3)4)29-24(37)39-25(5,6)7)20(33)26(10-8-17(13-32)38-26)31-12-16(9-11-27)21(34)30-23(31)36/h9,11-12,14-15,17-19,32H,8,10,13H2,1-7H3,(H,28,35)(H,29,37)(H,30,34,36)/b11-9+/t17-,18-,19-,26-/m0/s1. The minimum absolute atomic E-state index is 0.0172. The summed E-state index contributed by atoms with van der Waals surface area (Å²) in [5, 5.41) is 15.0. The van der Waals surface area contributed by atoms with Crippen molar-refractivity contribution in [3.05, 3.63) is 37.6 Å². The van der Waals surface area contributed by atoms with Crippen LogP contribution in [0, 0.1) is 11.8 Å². The van der Waals surface area contributed by atoms with Crippen molar-refractivity contribution in [2.24, 2.45) is 11.8 Å². The Balaban J connectivity index is 2.51. The molecule has 2 heterocycles. The number of Topliss-reactive ketones (excluding diaryl/α,β-unsaturated/α-hetero) is 1. The maximum Gasteiger partial charge on any atom is 0.408 e. The Bertz CT molecular complexity index is 1200. The topological polar surface area (TPSA) is 169 Å². The first-order valence-corrected chi connectivity index (χ1v) is 13.7. The van der Waals surface area contributed by atoms with Crippen molar-refractivity contribution in [1.29, 1.82) is 0 Å². The van der Waals surface area contributed by atoms with Crippen LogP contribution in [-0.4, -0.2) is 62.8 Å². The van der Waals surface area contributed by atoms with Gasteiger partial charge in [-0.3, -0.25) is 23.9 Å². The summed E-state index contributed by atoms with van der Waals surface area (Å²) >= 11 is 3.10. The summed E-state index contributed by atoms with van der Waals surface area (Å²) in [6, 6.07) is -2.17. The van der Waals surface area contributed by atoms with Gasteiger partial charge in [-0.1, -0.05) is 43.6 Å². The summed E-state index contributed by atoms with van der Waals surface area (Å²) in [5.41, 5.74) is -4.13. The number of nitrogens with zero attached hydrogens (tertiary/aromatic N) is 1. The Morgan fingerprint density at radius 3 is 2.31 bits per heavy atom. The Morgan fingerprint density at radius 1 is 1.21 bits per heavy atom. The van der Waals surface area contributed by atoms with Gasteiger partial charge < -0.3 is 25.2 Å². The van der Waals surface area contributed by atoms with Gasteiger partial charge in [-0.15, -0.1) is 0 Å². The number of aliphatic hydroxyl groups excluding tert-OH is 1. The molecule has 0 saturated carbocycles. The van der Waals surface area contributed by atoms with Crippen molar-refractivity contribution in [3.63, 3.8) is 0 Å². The van der Waals surface area contributed by atoms with E-state index in [9.17, 15) is 29.1 Å². The number of alkyl carbamates (subject to hydrolysis) is 1. The number of aromatic amines is 1. The van der Waals surface area contributed by atoms with Crippen LogP contribution < -0.4 is 21.9 Å². The van der Waals surface area contributed by atoms with Gasteiger partial charge in [0.25, 0.3) is 5.56 Å². The highest BCUT2D eigenvalue weighted by molar-refractivity contribution is 9.11. The quantitative estimate of drug-likeness (QED) is 0.310. The van der Waals surface area contributed by atoms with Crippen LogP contribution in [0.5, 0.6) is 0 Å². The van der Waals surface area contributed by atoms with E-state index in [0.29, 0.717) is 0 Å². The van der Waals surface area contributed by atoms with Crippen molar-refractivity contribution >= 4 is 39.8 Å². The molecule has 0 aromatic carbocycles. The van der Waals surface area contributed by atoms with E-state index in [1.54, 1.807) is 48.5 Å². The summed E-state index contributed by atoms with van der Waals surface area (Å²) < 4.78 is 12.3. The minimum Gasteiger partial charge on any atom is -0.444 e. The average molecular weight is 616 g/mol. The maximum absolute atomic E-state index is 14.2. The number of halogens is 1. The zero-order valence-electron chi connectivity index (χ0n) is 23.4. The monoisotopic (exact) mass is 614 g/mol. The second-order valence-electron chi connectivity index (χ2n) is 11.2. The number of aliphatic hydroxyl groups is 1. The van der Waals surface area contributed by atoms with Crippen molar-refractivity contribution in [2.75, 3.05) is 6.61 Å². The Kier molecular flexibility index (Phi) is 10.9. The average Bonchev–Trinajstić information content (AvgIpc) is 3.26. The molecule has 1 saturated heterocycles. The molecule has 12 nitrogen and oxygen atoms in total. The zero-order valence-corrected chi connectivity index (χ0v) is 25.0. The minimum atomic E-state index is -1.91. The molecular weight excluding hydrogens is 576 g/mol. The Hall–Kier alpha value is -2.77. The van der Waals surface area contributed by atoms with Gasteiger partial charge in [0.2, 0.25) is 17.4 Å². The highest BCUT2D eigenvalue weighted by atomic mass is 79.9. The number of aromatic nitrogens is 2. The largest absolute Gasteiger partial charge is 0.444 e. The van der Waals surface area contributed by atoms with E-state index < -0.39 is 71.1 Å². The summed E-state index contributed by atoms with van der Waals surface area (Å²) in [5.74, 6) is -2.06. The summed E-state index contributed by atoms with van der Waals surface area (Å²) in [7, 11) is 0. The van der Waals surface area contributed by atoms with E-state index in [1.165, 1.54) is 17.3 Å². The molecule has 4 N–H and O–H groups in total. The van der Waals surface area contributed by atoms with Gasteiger partial charge >= 0.3 is 11.8 Å². The molecule has 0 spiro atoms. The molecular formula is C26H39BrN4O8. The molecule has 1 aliphatic heterocycles. The lowest BCUT2D eigenvalue weighted by Crippen LogP contribution is -2.61. The van der Waals surface area contributed by atoms with E-state index in [4.69, 9.17) is 9.47 Å². The lowest BCUT2D eigenvalue weighted by atomic mass is 9.90. The molecule has 2 rings (SSSR count). The Labute approximate surface area is 235 Å². The first-order valence-electron chi connectivity index (χ1n) is 12.8. The smallest absolute Gasteiger partial charge is 0.408 e. The fourth-order valence-electron chi connectivity index (χ4n) is 4.29. The van der Waals surface area contributed by atoms with Crippen LogP contribution in [0.2, 0.25) is 0 Å². The van der Waals surface area contributed by atoms with Gasteiger partial charge in [-0.25, -0.2) is 9.59 Å². The van der Waals surface area contributed by atoms with E-state index in [0.717, 1.165) is 4.57 Å². The summed E-state index contributed by atoms with van der Waals surface area (Å²) in [6.07, 6.45) is 1.37. The number of H-pyrrole nitrogens is 1. The molecule has 2 amide bonds. The first-order chi connectivity index (χ1) is 18.1. The molecule has 0 bridgehead atoms. The van der Waals surface area contributed by atoms with Gasteiger partial charge in [0.05, 0.1) is 24.3 Å². The van der Waals surface area contributed by atoms with Crippen molar-refractivity contribution in [3.8, 4) is 0 Å². The van der Waals surface area contributed by atoms with Gasteiger partial charge in [-0.05, 0) is 50.1 Å². The number of rotatable bonds is 10. The summed E-state index contributed by atoms with van der Waals surface area (Å²) in [6.45, 7) is 11.6. The highest BCUT2D eigenvalue weighted by Gasteiger charge is 2.52. The predicted molar refractivity (Wildman–Crippen MR) is 148 cm³/mol. The van der Waals surface area contributed by atoms with Gasteiger partial charge in [0, 0.05) is 12.6 Å². The number of hydrogen-bond acceptors (Lipinski definition) is 8. The van der Waals surface area contributed by atoms with Crippen LogP contribution in [0.1, 0.15) is 66.9 Å². The first kappa shape index (κ1) is 32.4. The molecule has 0 unspecified atom stereocenters. The molecule has 39 heavy (non-hydrogen) atoms. The van der Waals surface area contributed by atoms with E-state index in [2.05, 4.69) is 31.5 Å². The third-order valence-electron chi connectivity index (χ3n) is 6.23. The lowest BCUT2D eigenvalue weighted by Gasteiger charge is -2.35. The number of carbonyl (C=O) groups is 3. The van der Waals surface area contributed by atoms with Gasteiger partial charge in [-0.2, -0.15) is 0 Å². The van der Waals surface area contributed by atoms with Gasteiger partial charge in [0.15, 0.2) is 0 Å². The molecule has 1 aliphatic rings. The number of carbonyl (C=O) groups excluding carboxylic acids is 3. The fraction of sp³-hybridized carbons (Fsp3) is 0.654. The number of amides is 2. The number of hydrogen-bond donors (Lipinski definition) is 4. The predicted octanol–water partition coefficient (Wildman–Crippen LogP) is 1.99. The third-order valence-corrected chi connectivity index (χ3v) is 6.49. The van der Waals surface area contributed by atoms with Crippen LogP contribution >= 0.6 is 15.9 Å². The molecule has 0 aliphatic carbocycles. The van der Waals surface area contributed by atoms with E-state index in [1.807, 2.05) is 0 Å². The van der Waals surface area contributed by atoms with Crippen molar-refractivity contribution in [1.82, 2.24) is 20.2 Å². The molecule has 1 aromatic rings. The lowest BCUT2D eigenvalue weighted by molar-refractivity contribution is -0.165. The molecule has 218 valence electrons. The molecule has 1 aromatic heterocycles. The van der Waals surface area contributed by atoms with Crippen LogP contribution in [0.4, 0.5) is 4.79 Å². The maximum atomic E-state index is 14.2. The van der Waals surface area contributed by atoms with Crippen LogP contribution in [0.3, 0.4) is 0 Å². The molecule has 4 atom stereocenters. The normalized spacial score (nSPS) is 21.3. The molecule has 1 fully saturated rings. The third kappa shape index (κ3) is 7.89. The highest BCUT2D eigenvalue weighted by Crippen LogP contribution is 2.37. The zero-order chi connectivity index (χ0) is 29.7. The second kappa shape index (κ2) is 13.1. The molecule has 0 radical (unpaired) electrons.